The first kappa shape index (κ1) is 16.6. The van der Waals surface area contributed by atoms with Gasteiger partial charge in [0.1, 0.15) is 0 Å². The molecule has 0 spiro atoms. The van der Waals surface area contributed by atoms with Crippen molar-refractivity contribution < 1.29 is 0 Å². The van der Waals surface area contributed by atoms with Gasteiger partial charge in [0, 0.05) is 11.6 Å². The smallest absolute Gasteiger partial charge is 0.0992 e. The highest BCUT2D eigenvalue weighted by atomic mass is 35.5. The summed E-state index contributed by atoms with van der Waals surface area (Å²) in [5.41, 5.74) is 1.57. The fourth-order valence-electron chi connectivity index (χ4n) is 3.47. The van der Waals surface area contributed by atoms with Gasteiger partial charge in [-0.1, -0.05) is 56.8 Å². The Kier molecular flexibility index (Phi) is 5.81. The van der Waals surface area contributed by atoms with Crippen molar-refractivity contribution >= 4 is 34.5 Å². The van der Waals surface area contributed by atoms with Crippen LogP contribution in [-0.2, 0) is 0 Å². The van der Waals surface area contributed by atoms with Gasteiger partial charge in [-0.05, 0) is 43.2 Å². The molecular weight excluding hydrogens is 309 g/mol. The Labute approximate surface area is 137 Å². The van der Waals surface area contributed by atoms with Crippen molar-refractivity contribution in [2.24, 2.45) is 11.3 Å². The molecule has 0 bridgehead atoms. The van der Waals surface area contributed by atoms with Crippen LogP contribution in [0.3, 0.4) is 0 Å². The van der Waals surface area contributed by atoms with Crippen LogP contribution in [0.1, 0.15) is 64.5 Å². The Bertz CT molecular complexity index is 442. The molecule has 1 aromatic heterocycles. The van der Waals surface area contributed by atoms with Gasteiger partial charge in [0.05, 0.1) is 8.67 Å². The molecule has 1 heterocycles. The van der Waals surface area contributed by atoms with Crippen LogP contribution in [0.25, 0.3) is 0 Å². The van der Waals surface area contributed by atoms with Crippen molar-refractivity contribution in [3.8, 4) is 0 Å². The number of halogens is 2. The first-order chi connectivity index (χ1) is 9.45. The Morgan fingerprint density at radius 3 is 2.70 bits per heavy atom. The molecule has 0 amide bonds. The van der Waals surface area contributed by atoms with Gasteiger partial charge in [-0.3, -0.25) is 0 Å². The van der Waals surface area contributed by atoms with Crippen LogP contribution < -0.4 is 5.32 Å². The largest absolute Gasteiger partial charge is 0.310 e. The van der Waals surface area contributed by atoms with Crippen molar-refractivity contribution in [2.45, 2.75) is 58.9 Å². The lowest BCUT2D eigenvalue weighted by atomic mass is 9.65. The Hall–Kier alpha value is 0.240. The van der Waals surface area contributed by atoms with Crippen LogP contribution in [0, 0.1) is 11.3 Å². The molecule has 114 valence electrons. The van der Waals surface area contributed by atoms with Crippen LogP contribution in [0.15, 0.2) is 6.07 Å². The zero-order valence-electron chi connectivity index (χ0n) is 12.6. The zero-order chi connectivity index (χ0) is 14.8. The van der Waals surface area contributed by atoms with E-state index in [1.807, 2.05) is 0 Å². The fourth-order valence-corrected chi connectivity index (χ4v) is 5.02. The zero-order valence-corrected chi connectivity index (χ0v) is 15.0. The number of nitrogens with one attached hydrogen (secondary N) is 1. The summed E-state index contributed by atoms with van der Waals surface area (Å²) in [4.78, 5) is 0. The summed E-state index contributed by atoms with van der Waals surface area (Å²) in [6.07, 6.45) is 6.39. The summed E-state index contributed by atoms with van der Waals surface area (Å²) in [5.74, 6) is 0.631. The standard InChI is InChI=1S/C16H25Cl2NS/c1-4-9-19-14(11-10-13(17)20-15(11)18)12-7-5-6-8-16(12,2)3/h10,12,14,19H,4-9H2,1-3H3. The summed E-state index contributed by atoms with van der Waals surface area (Å²) in [6, 6.07) is 2.40. The van der Waals surface area contributed by atoms with E-state index in [0.717, 1.165) is 21.6 Å². The monoisotopic (exact) mass is 333 g/mol. The highest BCUT2D eigenvalue weighted by molar-refractivity contribution is 7.20. The number of thiophene rings is 1. The maximum atomic E-state index is 6.43. The van der Waals surface area contributed by atoms with E-state index >= 15 is 0 Å². The Morgan fingerprint density at radius 1 is 1.40 bits per heavy atom. The molecule has 1 N–H and O–H groups in total. The molecule has 1 fully saturated rings. The topological polar surface area (TPSA) is 12.0 Å². The summed E-state index contributed by atoms with van der Waals surface area (Å²) in [5, 5.41) is 3.73. The van der Waals surface area contributed by atoms with E-state index in [9.17, 15) is 0 Å². The second-order valence-corrected chi connectivity index (χ2v) is 8.84. The van der Waals surface area contributed by atoms with Gasteiger partial charge >= 0.3 is 0 Å². The SMILES string of the molecule is CCCNC(c1cc(Cl)sc1Cl)C1CCCCC1(C)C. The van der Waals surface area contributed by atoms with Gasteiger partial charge < -0.3 is 5.32 Å². The molecule has 2 atom stereocenters. The highest BCUT2D eigenvalue weighted by Gasteiger charge is 2.39. The Morgan fingerprint density at radius 2 is 2.15 bits per heavy atom. The third-order valence-corrected chi connectivity index (χ3v) is 6.14. The lowest BCUT2D eigenvalue weighted by Crippen LogP contribution is -2.39. The van der Waals surface area contributed by atoms with E-state index in [-0.39, 0.29) is 0 Å². The van der Waals surface area contributed by atoms with E-state index in [4.69, 9.17) is 23.2 Å². The molecular formula is C16H25Cl2NS. The summed E-state index contributed by atoms with van der Waals surface area (Å²) in [6.45, 7) is 8.04. The Balaban J connectivity index is 2.29. The molecule has 0 radical (unpaired) electrons. The van der Waals surface area contributed by atoms with E-state index < -0.39 is 0 Å². The molecule has 1 saturated carbocycles. The predicted molar refractivity (Wildman–Crippen MR) is 91.1 cm³/mol. The predicted octanol–water partition coefficient (Wildman–Crippen LogP) is 6.31. The lowest BCUT2D eigenvalue weighted by molar-refractivity contribution is 0.0983. The quantitative estimate of drug-likeness (QED) is 0.665. The minimum Gasteiger partial charge on any atom is -0.310 e. The van der Waals surface area contributed by atoms with Crippen molar-refractivity contribution in [3.63, 3.8) is 0 Å². The minimum atomic E-state index is 0.335. The lowest BCUT2D eigenvalue weighted by Gasteiger charge is -2.43. The highest BCUT2D eigenvalue weighted by Crippen LogP contribution is 2.49. The first-order valence-electron chi connectivity index (χ1n) is 7.64. The third kappa shape index (κ3) is 3.71. The van der Waals surface area contributed by atoms with Gasteiger partial charge in [0.25, 0.3) is 0 Å². The van der Waals surface area contributed by atoms with Crippen molar-refractivity contribution in [3.05, 3.63) is 20.3 Å². The van der Waals surface area contributed by atoms with Gasteiger partial charge in [-0.25, -0.2) is 0 Å². The summed E-state index contributed by atoms with van der Waals surface area (Å²) < 4.78 is 1.65. The minimum absolute atomic E-state index is 0.335. The van der Waals surface area contributed by atoms with Crippen molar-refractivity contribution in [2.75, 3.05) is 6.54 Å². The third-order valence-electron chi connectivity index (χ3n) is 4.62. The molecule has 1 aromatic rings. The molecule has 2 rings (SSSR count). The summed E-state index contributed by atoms with van der Waals surface area (Å²) >= 11 is 14.1. The molecule has 20 heavy (non-hydrogen) atoms. The second kappa shape index (κ2) is 7.00. The molecule has 1 aliphatic rings. The van der Waals surface area contributed by atoms with Crippen LogP contribution in [0.5, 0.6) is 0 Å². The molecule has 4 heteroatoms. The molecule has 0 aromatic carbocycles. The van der Waals surface area contributed by atoms with E-state index in [1.165, 1.54) is 42.6 Å². The molecule has 0 saturated heterocycles. The number of hydrogen-bond acceptors (Lipinski definition) is 2. The van der Waals surface area contributed by atoms with E-state index in [1.54, 1.807) is 0 Å². The summed E-state index contributed by atoms with van der Waals surface area (Å²) in [7, 11) is 0. The van der Waals surface area contributed by atoms with Crippen LogP contribution in [0.4, 0.5) is 0 Å². The van der Waals surface area contributed by atoms with Crippen molar-refractivity contribution in [1.82, 2.24) is 5.32 Å². The normalized spacial score (nSPS) is 23.8. The van der Waals surface area contributed by atoms with Crippen LogP contribution in [0.2, 0.25) is 8.67 Å². The molecule has 1 aliphatic carbocycles. The molecule has 1 nitrogen and oxygen atoms in total. The van der Waals surface area contributed by atoms with Gasteiger partial charge in [-0.15, -0.1) is 11.3 Å². The average Bonchev–Trinajstić information content (AvgIpc) is 2.70. The number of rotatable bonds is 5. The van der Waals surface area contributed by atoms with E-state index in [0.29, 0.717) is 17.4 Å². The molecule has 0 aliphatic heterocycles. The van der Waals surface area contributed by atoms with Crippen molar-refractivity contribution in [1.29, 1.82) is 0 Å². The van der Waals surface area contributed by atoms with Gasteiger partial charge in [-0.2, -0.15) is 0 Å². The average molecular weight is 334 g/mol. The van der Waals surface area contributed by atoms with E-state index in [2.05, 4.69) is 32.2 Å². The first-order valence-corrected chi connectivity index (χ1v) is 9.21. The van der Waals surface area contributed by atoms with Crippen LogP contribution in [-0.4, -0.2) is 6.54 Å². The molecule has 2 unspecified atom stereocenters. The second-order valence-electron chi connectivity index (χ2n) is 6.55. The maximum Gasteiger partial charge on any atom is 0.0992 e. The van der Waals surface area contributed by atoms with Gasteiger partial charge in [0.15, 0.2) is 0 Å². The maximum absolute atomic E-state index is 6.43. The fraction of sp³-hybridized carbons (Fsp3) is 0.750. The number of hydrogen-bond donors (Lipinski definition) is 1. The van der Waals surface area contributed by atoms with Gasteiger partial charge in [0.2, 0.25) is 0 Å². The van der Waals surface area contributed by atoms with Crippen LogP contribution >= 0.6 is 34.5 Å².